The van der Waals surface area contributed by atoms with E-state index in [1.165, 1.54) is 12.8 Å². The van der Waals surface area contributed by atoms with Crippen LogP contribution in [0.1, 0.15) is 51.2 Å². The molecule has 1 saturated carbocycles. The standard InChI is InChI=1S/C15H26N4S/c1-5-16-14(17-8-11-6-7-11)18-9-13-19-12(10-20-13)15(2,3)4/h10-11H,5-9H2,1-4H3,(H2,16,17,18). The Labute approximate surface area is 126 Å². The Hall–Kier alpha value is -1.10. The van der Waals surface area contributed by atoms with E-state index in [1.54, 1.807) is 11.3 Å². The summed E-state index contributed by atoms with van der Waals surface area (Å²) in [6, 6.07) is 0. The van der Waals surface area contributed by atoms with Crippen molar-refractivity contribution in [1.82, 2.24) is 15.6 Å². The molecule has 0 aromatic carbocycles. The van der Waals surface area contributed by atoms with Crippen molar-refractivity contribution in [1.29, 1.82) is 0 Å². The Kier molecular flexibility index (Phi) is 5.02. The van der Waals surface area contributed by atoms with E-state index >= 15 is 0 Å². The molecule has 1 fully saturated rings. The fourth-order valence-electron chi connectivity index (χ4n) is 1.78. The number of thiazole rings is 1. The molecule has 2 N–H and O–H groups in total. The molecule has 112 valence electrons. The number of aliphatic imine (C=N–C) groups is 1. The molecule has 2 rings (SSSR count). The van der Waals surface area contributed by atoms with Gasteiger partial charge in [-0.3, -0.25) is 0 Å². The van der Waals surface area contributed by atoms with Gasteiger partial charge in [0.15, 0.2) is 5.96 Å². The van der Waals surface area contributed by atoms with Gasteiger partial charge in [-0.15, -0.1) is 11.3 Å². The fraction of sp³-hybridized carbons (Fsp3) is 0.733. The van der Waals surface area contributed by atoms with Crippen LogP contribution in [0, 0.1) is 5.92 Å². The minimum absolute atomic E-state index is 0.118. The Morgan fingerprint density at radius 1 is 1.40 bits per heavy atom. The molecule has 20 heavy (non-hydrogen) atoms. The predicted octanol–water partition coefficient (Wildman–Crippen LogP) is 2.91. The normalized spacial score (nSPS) is 16.3. The number of hydrogen-bond acceptors (Lipinski definition) is 3. The van der Waals surface area contributed by atoms with Crippen molar-refractivity contribution in [2.45, 2.75) is 52.5 Å². The van der Waals surface area contributed by atoms with Crippen LogP contribution in [0.3, 0.4) is 0 Å². The van der Waals surface area contributed by atoms with Crippen molar-refractivity contribution in [3.05, 3.63) is 16.1 Å². The van der Waals surface area contributed by atoms with E-state index in [0.29, 0.717) is 6.54 Å². The molecule has 1 aromatic heterocycles. The van der Waals surface area contributed by atoms with Gasteiger partial charge in [-0.25, -0.2) is 9.98 Å². The molecule has 0 bridgehead atoms. The van der Waals surface area contributed by atoms with E-state index in [-0.39, 0.29) is 5.41 Å². The molecule has 4 nitrogen and oxygen atoms in total. The third-order valence-electron chi connectivity index (χ3n) is 3.29. The minimum atomic E-state index is 0.118. The minimum Gasteiger partial charge on any atom is -0.357 e. The quantitative estimate of drug-likeness (QED) is 0.648. The lowest BCUT2D eigenvalue weighted by Crippen LogP contribution is -2.38. The summed E-state index contributed by atoms with van der Waals surface area (Å²) in [5, 5.41) is 9.92. The maximum Gasteiger partial charge on any atom is 0.191 e. The third-order valence-corrected chi connectivity index (χ3v) is 4.13. The highest BCUT2D eigenvalue weighted by molar-refractivity contribution is 7.09. The number of nitrogens with one attached hydrogen (secondary N) is 2. The van der Waals surface area contributed by atoms with Gasteiger partial charge in [-0.2, -0.15) is 0 Å². The molecule has 0 radical (unpaired) electrons. The van der Waals surface area contributed by atoms with E-state index in [0.717, 1.165) is 35.7 Å². The SMILES string of the molecule is CCNC(=NCc1nc(C(C)(C)C)cs1)NCC1CC1. The highest BCUT2D eigenvalue weighted by atomic mass is 32.1. The first-order valence-corrected chi connectivity index (χ1v) is 8.34. The number of nitrogens with zero attached hydrogens (tertiary/aromatic N) is 2. The number of hydrogen-bond donors (Lipinski definition) is 2. The highest BCUT2D eigenvalue weighted by Crippen LogP contribution is 2.27. The first-order chi connectivity index (χ1) is 9.49. The van der Waals surface area contributed by atoms with Gasteiger partial charge in [0, 0.05) is 23.9 Å². The van der Waals surface area contributed by atoms with Crippen LogP contribution >= 0.6 is 11.3 Å². The fourth-order valence-corrected chi connectivity index (χ4v) is 2.72. The van der Waals surface area contributed by atoms with Gasteiger partial charge in [0.1, 0.15) is 5.01 Å². The van der Waals surface area contributed by atoms with Crippen molar-refractivity contribution in [3.63, 3.8) is 0 Å². The van der Waals surface area contributed by atoms with Gasteiger partial charge in [-0.05, 0) is 25.7 Å². The second-order valence-electron chi connectivity index (χ2n) is 6.40. The summed E-state index contributed by atoms with van der Waals surface area (Å²) in [6.07, 6.45) is 2.71. The molecule has 0 unspecified atom stereocenters. The lowest BCUT2D eigenvalue weighted by molar-refractivity contribution is 0.571. The summed E-state index contributed by atoms with van der Waals surface area (Å²) in [6.45, 7) is 11.2. The van der Waals surface area contributed by atoms with Gasteiger partial charge >= 0.3 is 0 Å². The zero-order valence-electron chi connectivity index (χ0n) is 13.0. The lowest BCUT2D eigenvalue weighted by atomic mass is 9.93. The summed E-state index contributed by atoms with van der Waals surface area (Å²) in [7, 11) is 0. The topological polar surface area (TPSA) is 49.3 Å². The van der Waals surface area contributed by atoms with Crippen LogP contribution in [0.2, 0.25) is 0 Å². The first-order valence-electron chi connectivity index (χ1n) is 7.46. The Morgan fingerprint density at radius 3 is 2.70 bits per heavy atom. The van der Waals surface area contributed by atoms with Crippen LogP contribution in [0.15, 0.2) is 10.4 Å². The molecule has 5 heteroatoms. The maximum atomic E-state index is 4.68. The number of guanidine groups is 1. The van der Waals surface area contributed by atoms with Crippen LogP contribution in [-0.2, 0) is 12.0 Å². The van der Waals surface area contributed by atoms with Crippen molar-refractivity contribution < 1.29 is 0 Å². The summed E-state index contributed by atoms with van der Waals surface area (Å²) in [5.41, 5.74) is 1.27. The van der Waals surface area contributed by atoms with Crippen LogP contribution in [-0.4, -0.2) is 24.0 Å². The van der Waals surface area contributed by atoms with E-state index in [2.05, 4.69) is 53.7 Å². The zero-order chi connectivity index (χ0) is 14.6. The molecule has 1 aliphatic carbocycles. The lowest BCUT2D eigenvalue weighted by Gasteiger charge is -2.14. The average molecular weight is 294 g/mol. The second-order valence-corrected chi connectivity index (χ2v) is 7.34. The largest absolute Gasteiger partial charge is 0.357 e. The number of rotatable bonds is 5. The molecule has 1 aromatic rings. The van der Waals surface area contributed by atoms with Crippen LogP contribution in [0.4, 0.5) is 0 Å². The van der Waals surface area contributed by atoms with Gasteiger partial charge in [0.05, 0.1) is 12.2 Å². The van der Waals surface area contributed by atoms with Crippen molar-refractivity contribution >= 4 is 17.3 Å². The first kappa shape index (κ1) is 15.3. The van der Waals surface area contributed by atoms with Crippen molar-refractivity contribution in [3.8, 4) is 0 Å². The van der Waals surface area contributed by atoms with E-state index < -0.39 is 0 Å². The van der Waals surface area contributed by atoms with E-state index in [9.17, 15) is 0 Å². The van der Waals surface area contributed by atoms with E-state index in [4.69, 9.17) is 0 Å². The monoisotopic (exact) mass is 294 g/mol. The average Bonchev–Trinajstić information content (AvgIpc) is 3.07. The second kappa shape index (κ2) is 6.57. The van der Waals surface area contributed by atoms with Gasteiger partial charge in [-0.1, -0.05) is 20.8 Å². The molecule has 1 aliphatic rings. The molecule has 0 aliphatic heterocycles. The smallest absolute Gasteiger partial charge is 0.191 e. The molecule has 0 atom stereocenters. The third kappa shape index (κ3) is 4.78. The number of aromatic nitrogens is 1. The molecular formula is C15H26N4S. The van der Waals surface area contributed by atoms with Crippen LogP contribution in [0.5, 0.6) is 0 Å². The molecule has 1 heterocycles. The van der Waals surface area contributed by atoms with Gasteiger partial charge in [0.25, 0.3) is 0 Å². The summed E-state index contributed by atoms with van der Waals surface area (Å²) < 4.78 is 0. The Bertz CT molecular complexity index is 455. The molecule has 0 spiro atoms. The Balaban J connectivity index is 1.91. The molecule has 0 saturated heterocycles. The van der Waals surface area contributed by atoms with Crippen molar-refractivity contribution in [2.75, 3.05) is 13.1 Å². The van der Waals surface area contributed by atoms with E-state index in [1.807, 2.05) is 0 Å². The Morgan fingerprint density at radius 2 is 2.15 bits per heavy atom. The van der Waals surface area contributed by atoms with Crippen molar-refractivity contribution in [2.24, 2.45) is 10.9 Å². The van der Waals surface area contributed by atoms with Crippen LogP contribution < -0.4 is 10.6 Å². The molecular weight excluding hydrogens is 268 g/mol. The molecule has 0 amide bonds. The highest BCUT2D eigenvalue weighted by Gasteiger charge is 2.21. The zero-order valence-corrected chi connectivity index (χ0v) is 13.8. The summed E-state index contributed by atoms with van der Waals surface area (Å²) in [4.78, 5) is 9.30. The summed E-state index contributed by atoms with van der Waals surface area (Å²) in [5.74, 6) is 1.76. The summed E-state index contributed by atoms with van der Waals surface area (Å²) >= 11 is 1.70. The van der Waals surface area contributed by atoms with Gasteiger partial charge in [0.2, 0.25) is 0 Å². The van der Waals surface area contributed by atoms with Crippen LogP contribution in [0.25, 0.3) is 0 Å². The maximum absolute atomic E-state index is 4.68. The van der Waals surface area contributed by atoms with Gasteiger partial charge < -0.3 is 10.6 Å². The predicted molar refractivity (Wildman–Crippen MR) is 86.4 cm³/mol.